The van der Waals surface area contributed by atoms with Crippen LogP contribution in [0.3, 0.4) is 0 Å². The van der Waals surface area contributed by atoms with Crippen LogP contribution in [0.2, 0.25) is 0 Å². The quantitative estimate of drug-likeness (QED) is 0.435. The molecule has 124 valence electrons. The lowest BCUT2D eigenvalue weighted by atomic mass is 10.1. The molecule has 4 aromatic rings. The topological polar surface area (TPSA) is 25.8 Å². The summed E-state index contributed by atoms with van der Waals surface area (Å²) in [6.45, 7) is 8.57. The van der Waals surface area contributed by atoms with Gasteiger partial charge in [0.05, 0.1) is 11.0 Å². The summed E-state index contributed by atoms with van der Waals surface area (Å²) in [4.78, 5) is 11.7. The van der Waals surface area contributed by atoms with E-state index in [-0.39, 0.29) is 0 Å². The molecule has 2 nitrogen and oxygen atoms in total. The van der Waals surface area contributed by atoms with Crippen molar-refractivity contribution in [1.29, 1.82) is 0 Å². The maximum atomic E-state index is 4.61. The van der Waals surface area contributed by atoms with E-state index in [1.54, 1.807) is 11.8 Å². The second kappa shape index (κ2) is 6.16. The first-order valence-corrected chi connectivity index (χ1v) is 9.25. The zero-order valence-corrected chi connectivity index (χ0v) is 15.7. The summed E-state index contributed by atoms with van der Waals surface area (Å²) in [7, 11) is 0. The van der Waals surface area contributed by atoms with E-state index >= 15 is 0 Å². The molecule has 0 amide bonds. The van der Waals surface area contributed by atoms with E-state index < -0.39 is 0 Å². The minimum absolute atomic E-state index is 1.09. The Morgan fingerprint density at radius 1 is 0.600 bits per heavy atom. The molecule has 0 atom stereocenters. The second-order valence-corrected chi connectivity index (χ2v) is 7.61. The Hall–Kier alpha value is -2.39. The van der Waals surface area contributed by atoms with E-state index in [1.807, 2.05) is 12.4 Å². The molecule has 0 saturated carbocycles. The van der Waals surface area contributed by atoms with Crippen molar-refractivity contribution in [2.24, 2.45) is 0 Å². The predicted molar refractivity (Wildman–Crippen MR) is 107 cm³/mol. The minimum atomic E-state index is 1.09. The molecule has 4 rings (SSSR count). The SMILES string of the molecule is Cc1ccc2c(Sc3ccnc4c(C)c(C)ccc34)ccnc2c1C. The highest BCUT2D eigenvalue weighted by molar-refractivity contribution is 7.99. The zero-order chi connectivity index (χ0) is 17.6. The smallest absolute Gasteiger partial charge is 0.0745 e. The van der Waals surface area contributed by atoms with Gasteiger partial charge in [0.2, 0.25) is 0 Å². The van der Waals surface area contributed by atoms with Crippen LogP contribution in [0.25, 0.3) is 21.8 Å². The summed E-state index contributed by atoms with van der Waals surface area (Å²) in [5, 5.41) is 2.42. The van der Waals surface area contributed by atoms with Crippen LogP contribution in [-0.4, -0.2) is 9.97 Å². The van der Waals surface area contributed by atoms with Crippen LogP contribution >= 0.6 is 11.8 Å². The maximum Gasteiger partial charge on any atom is 0.0745 e. The lowest BCUT2D eigenvalue weighted by Gasteiger charge is -2.12. The Balaban J connectivity index is 1.89. The molecule has 0 radical (unpaired) electrons. The molecular weight excluding hydrogens is 324 g/mol. The molecule has 0 aliphatic rings. The monoisotopic (exact) mass is 344 g/mol. The van der Waals surface area contributed by atoms with Crippen LogP contribution in [0.1, 0.15) is 22.3 Å². The van der Waals surface area contributed by atoms with Gasteiger partial charge in [0.25, 0.3) is 0 Å². The molecule has 2 aromatic heterocycles. The van der Waals surface area contributed by atoms with Gasteiger partial charge >= 0.3 is 0 Å². The van der Waals surface area contributed by atoms with Crippen molar-refractivity contribution >= 4 is 33.6 Å². The van der Waals surface area contributed by atoms with E-state index in [9.17, 15) is 0 Å². The Morgan fingerprint density at radius 3 is 1.48 bits per heavy atom. The first-order chi connectivity index (χ1) is 12.1. The highest BCUT2D eigenvalue weighted by Crippen LogP contribution is 2.38. The van der Waals surface area contributed by atoms with Gasteiger partial charge in [-0.1, -0.05) is 36.0 Å². The average Bonchev–Trinajstić information content (AvgIpc) is 2.62. The number of aryl methyl sites for hydroxylation is 4. The van der Waals surface area contributed by atoms with Gasteiger partial charge in [-0.2, -0.15) is 0 Å². The van der Waals surface area contributed by atoms with Gasteiger partial charge in [0, 0.05) is 33.0 Å². The molecule has 25 heavy (non-hydrogen) atoms. The Bertz CT molecular complexity index is 1030. The third-order valence-electron chi connectivity index (χ3n) is 5.01. The largest absolute Gasteiger partial charge is 0.256 e. The maximum absolute atomic E-state index is 4.61. The molecular formula is C22H20N2S. The Labute approximate surface area is 152 Å². The van der Waals surface area contributed by atoms with Crippen molar-refractivity contribution in [3.8, 4) is 0 Å². The van der Waals surface area contributed by atoms with Crippen molar-refractivity contribution in [3.05, 3.63) is 71.0 Å². The third-order valence-corrected chi connectivity index (χ3v) is 6.17. The van der Waals surface area contributed by atoms with Crippen LogP contribution in [0.5, 0.6) is 0 Å². The van der Waals surface area contributed by atoms with Crippen LogP contribution < -0.4 is 0 Å². The lowest BCUT2D eigenvalue weighted by molar-refractivity contribution is 1.27. The molecule has 0 bridgehead atoms. The fourth-order valence-electron chi connectivity index (χ4n) is 3.17. The number of nitrogens with zero attached hydrogens (tertiary/aromatic N) is 2. The molecule has 0 aliphatic carbocycles. The summed E-state index contributed by atoms with van der Waals surface area (Å²) in [5.74, 6) is 0. The molecule has 0 unspecified atom stereocenters. The number of pyridine rings is 2. The van der Waals surface area contributed by atoms with Gasteiger partial charge in [0.15, 0.2) is 0 Å². The first kappa shape index (κ1) is 16.1. The molecule has 2 aromatic carbocycles. The molecule has 2 heterocycles. The van der Waals surface area contributed by atoms with Crippen molar-refractivity contribution in [2.75, 3.05) is 0 Å². The van der Waals surface area contributed by atoms with E-state index in [0.717, 1.165) is 11.0 Å². The fraction of sp³-hybridized carbons (Fsp3) is 0.182. The van der Waals surface area contributed by atoms with E-state index in [2.05, 4.69) is 74.1 Å². The summed E-state index contributed by atoms with van der Waals surface area (Å²) in [6, 6.07) is 12.9. The molecule has 0 fully saturated rings. The molecule has 0 saturated heterocycles. The molecule has 0 spiro atoms. The number of fused-ring (bicyclic) bond motifs is 2. The number of hydrogen-bond donors (Lipinski definition) is 0. The zero-order valence-electron chi connectivity index (χ0n) is 14.9. The number of rotatable bonds is 2. The second-order valence-electron chi connectivity index (χ2n) is 6.53. The van der Waals surface area contributed by atoms with Crippen molar-refractivity contribution in [1.82, 2.24) is 9.97 Å². The highest BCUT2D eigenvalue weighted by Gasteiger charge is 2.11. The van der Waals surface area contributed by atoms with Crippen LogP contribution in [0, 0.1) is 27.7 Å². The van der Waals surface area contributed by atoms with Gasteiger partial charge in [-0.15, -0.1) is 0 Å². The normalized spacial score (nSPS) is 11.4. The molecule has 0 aliphatic heterocycles. The molecule has 0 N–H and O–H groups in total. The van der Waals surface area contributed by atoms with E-state index in [0.29, 0.717) is 0 Å². The molecule has 3 heteroatoms. The first-order valence-electron chi connectivity index (χ1n) is 8.44. The standard InChI is InChI=1S/C22H20N2S/c1-13-5-7-17-19(9-11-23-21(17)15(13)3)25-20-10-12-24-22-16(4)14(2)6-8-18(20)22/h5-12H,1-4H3. The van der Waals surface area contributed by atoms with Gasteiger partial charge in [0.1, 0.15) is 0 Å². The van der Waals surface area contributed by atoms with Crippen LogP contribution in [-0.2, 0) is 0 Å². The third kappa shape index (κ3) is 2.69. The summed E-state index contributed by atoms with van der Waals surface area (Å²) in [5.41, 5.74) is 7.26. The van der Waals surface area contributed by atoms with Crippen molar-refractivity contribution < 1.29 is 0 Å². The van der Waals surface area contributed by atoms with Crippen LogP contribution in [0.4, 0.5) is 0 Å². The summed E-state index contributed by atoms with van der Waals surface area (Å²) >= 11 is 1.80. The minimum Gasteiger partial charge on any atom is -0.256 e. The van der Waals surface area contributed by atoms with Crippen molar-refractivity contribution in [2.45, 2.75) is 37.5 Å². The van der Waals surface area contributed by atoms with Gasteiger partial charge in [-0.05, 0) is 62.1 Å². The number of aromatic nitrogens is 2. The number of hydrogen-bond acceptors (Lipinski definition) is 3. The summed E-state index contributed by atoms with van der Waals surface area (Å²) in [6.07, 6.45) is 3.83. The van der Waals surface area contributed by atoms with E-state index in [4.69, 9.17) is 0 Å². The fourth-order valence-corrected chi connectivity index (χ4v) is 4.21. The summed E-state index contributed by atoms with van der Waals surface area (Å²) < 4.78 is 0. The van der Waals surface area contributed by atoms with Gasteiger partial charge < -0.3 is 0 Å². The average molecular weight is 344 g/mol. The Kier molecular flexibility index (Phi) is 3.97. The van der Waals surface area contributed by atoms with Gasteiger partial charge in [-0.3, -0.25) is 9.97 Å². The van der Waals surface area contributed by atoms with Crippen LogP contribution in [0.15, 0.2) is 58.6 Å². The van der Waals surface area contributed by atoms with Gasteiger partial charge in [-0.25, -0.2) is 0 Å². The van der Waals surface area contributed by atoms with Crippen molar-refractivity contribution in [3.63, 3.8) is 0 Å². The Morgan fingerprint density at radius 2 is 1.04 bits per heavy atom. The highest BCUT2D eigenvalue weighted by atomic mass is 32.2. The predicted octanol–water partition coefficient (Wildman–Crippen LogP) is 6.17. The lowest BCUT2D eigenvalue weighted by Crippen LogP contribution is -1.91. The number of benzene rings is 2. The van der Waals surface area contributed by atoms with E-state index in [1.165, 1.54) is 42.8 Å².